The van der Waals surface area contributed by atoms with E-state index in [0.29, 0.717) is 0 Å². The standard InChI is InChI=1S/C17H25BrN2O/c18-17-10-15(8-5-13(17)11-19-14-6-7-14)20-9-3-1-2-4-16(20)12-21/h5,8,10,14,16,19,21H,1-4,6-7,9,11-12H2. The summed E-state index contributed by atoms with van der Waals surface area (Å²) in [6, 6.07) is 7.66. The van der Waals surface area contributed by atoms with E-state index in [1.165, 1.54) is 47.8 Å². The van der Waals surface area contributed by atoms with Crippen LogP contribution in [0.15, 0.2) is 22.7 Å². The Bertz CT molecular complexity index is 476. The Hall–Kier alpha value is -0.580. The Kier molecular flexibility index (Phi) is 5.19. The lowest BCUT2D eigenvalue weighted by atomic mass is 10.1. The van der Waals surface area contributed by atoms with E-state index in [-0.39, 0.29) is 12.6 Å². The zero-order chi connectivity index (χ0) is 14.7. The highest BCUT2D eigenvalue weighted by Crippen LogP contribution is 2.29. The van der Waals surface area contributed by atoms with Crippen molar-refractivity contribution in [3.8, 4) is 0 Å². The van der Waals surface area contributed by atoms with E-state index in [1.54, 1.807) is 0 Å². The molecule has 1 aromatic rings. The molecule has 1 atom stereocenters. The number of aliphatic hydroxyl groups is 1. The fourth-order valence-corrected chi connectivity index (χ4v) is 3.61. The Morgan fingerprint density at radius 1 is 1.19 bits per heavy atom. The van der Waals surface area contributed by atoms with Crippen LogP contribution in [0.2, 0.25) is 0 Å². The number of nitrogens with one attached hydrogen (secondary N) is 1. The maximum Gasteiger partial charge on any atom is 0.0635 e. The lowest BCUT2D eigenvalue weighted by Crippen LogP contribution is -2.37. The maximum absolute atomic E-state index is 9.66. The fraction of sp³-hybridized carbons (Fsp3) is 0.647. The van der Waals surface area contributed by atoms with Gasteiger partial charge in [-0.05, 0) is 43.4 Å². The summed E-state index contributed by atoms with van der Waals surface area (Å²) in [4.78, 5) is 2.38. The monoisotopic (exact) mass is 352 g/mol. The second-order valence-corrected chi connectivity index (χ2v) is 7.16. The summed E-state index contributed by atoms with van der Waals surface area (Å²) in [5.74, 6) is 0. The van der Waals surface area contributed by atoms with Crippen molar-refractivity contribution >= 4 is 21.6 Å². The Morgan fingerprint density at radius 3 is 2.76 bits per heavy atom. The first-order valence-electron chi connectivity index (χ1n) is 8.17. The van der Waals surface area contributed by atoms with Crippen molar-refractivity contribution < 1.29 is 5.11 Å². The average molecular weight is 353 g/mol. The first-order valence-corrected chi connectivity index (χ1v) is 8.96. The van der Waals surface area contributed by atoms with Crippen molar-refractivity contribution in [3.05, 3.63) is 28.2 Å². The highest BCUT2D eigenvalue weighted by Gasteiger charge is 2.22. The number of anilines is 1. The van der Waals surface area contributed by atoms with Gasteiger partial charge in [-0.15, -0.1) is 0 Å². The molecule has 0 bridgehead atoms. The summed E-state index contributed by atoms with van der Waals surface area (Å²) < 4.78 is 1.18. The van der Waals surface area contributed by atoms with Crippen LogP contribution in [0.4, 0.5) is 5.69 Å². The Morgan fingerprint density at radius 2 is 2.05 bits per heavy atom. The second-order valence-electron chi connectivity index (χ2n) is 6.31. The predicted octanol–water partition coefficient (Wildman–Crippen LogP) is 3.44. The molecule has 1 saturated carbocycles. The molecule has 3 rings (SSSR count). The van der Waals surface area contributed by atoms with Gasteiger partial charge in [-0.1, -0.05) is 34.8 Å². The molecule has 1 aromatic carbocycles. The predicted molar refractivity (Wildman–Crippen MR) is 90.7 cm³/mol. The summed E-state index contributed by atoms with van der Waals surface area (Å²) >= 11 is 3.72. The summed E-state index contributed by atoms with van der Waals surface area (Å²) in [6.07, 6.45) is 7.46. The third-order valence-corrected chi connectivity index (χ3v) is 5.35. The van der Waals surface area contributed by atoms with Crippen LogP contribution in [0, 0.1) is 0 Å². The summed E-state index contributed by atoms with van der Waals surface area (Å²) in [6.45, 7) is 2.24. The number of benzene rings is 1. The van der Waals surface area contributed by atoms with Crippen molar-refractivity contribution in [2.24, 2.45) is 0 Å². The zero-order valence-corrected chi connectivity index (χ0v) is 14.1. The lowest BCUT2D eigenvalue weighted by molar-refractivity contribution is 0.255. The van der Waals surface area contributed by atoms with Crippen LogP contribution in [0.5, 0.6) is 0 Å². The van der Waals surface area contributed by atoms with Gasteiger partial charge in [0.2, 0.25) is 0 Å². The minimum atomic E-state index is 0.253. The minimum absolute atomic E-state index is 0.253. The van der Waals surface area contributed by atoms with Gasteiger partial charge in [-0.2, -0.15) is 0 Å². The fourth-order valence-electron chi connectivity index (χ4n) is 3.11. The van der Waals surface area contributed by atoms with Crippen LogP contribution in [-0.2, 0) is 6.54 Å². The number of hydrogen-bond donors (Lipinski definition) is 2. The number of rotatable bonds is 5. The van der Waals surface area contributed by atoms with Crippen molar-refractivity contribution in [1.29, 1.82) is 0 Å². The van der Waals surface area contributed by atoms with Crippen LogP contribution in [0.3, 0.4) is 0 Å². The average Bonchev–Trinajstić information content (AvgIpc) is 3.32. The first kappa shape index (κ1) is 15.3. The number of aliphatic hydroxyl groups excluding tert-OH is 1. The molecule has 1 unspecified atom stereocenters. The van der Waals surface area contributed by atoms with Crippen molar-refractivity contribution in [3.63, 3.8) is 0 Å². The first-order chi connectivity index (χ1) is 10.3. The SMILES string of the molecule is OCC1CCCCCN1c1ccc(CNC2CC2)c(Br)c1. The molecule has 2 N–H and O–H groups in total. The molecule has 0 amide bonds. The number of halogens is 1. The van der Waals surface area contributed by atoms with E-state index in [0.717, 1.165) is 25.6 Å². The molecule has 1 aliphatic heterocycles. The van der Waals surface area contributed by atoms with Crippen LogP contribution >= 0.6 is 15.9 Å². The van der Waals surface area contributed by atoms with Gasteiger partial charge >= 0.3 is 0 Å². The topological polar surface area (TPSA) is 35.5 Å². The van der Waals surface area contributed by atoms with Crippen molar-refractivity contribution in [2.75, 3.05) is 18.1 Å². The van der Waals surface area contributed by atoms with Gasteiger partial charge in [0.15, 0.2) is 0 Å². The molecular weight excluding hydrogens is 328 g/mol. The number of hydrogen-bond acceptors (Lipinski definition) is 3. The molecule has 2 aliphatic rings. The van der Waals surface area contributed by atoms with E-state index in [9.17, 15) is 5.11 Å². The molecule has 21 heavy (non-hydrogen) atoms. The Labute approximate surface area is 135 Å². The largest absolute Gasteiger partial charge is 0.394 e. The lowest BCUT2D eigenvalue weighted by Gasteiger charge is -2.31. The summed E-state index contributed by atoms with van der Waals surface area (Å²) in [5, 5.41) is 13.2. The molecule has 116 valence electrons. The maximum atomic E-state index is 9.66. The zero-order valence-electron chi connectivity index (χ0n) is 12.5. The molecule has 0 aromatic heterocycles. The normalized spacial score (nSPS) is 23.1. The van der Waals surface area contributed by atoms with Crippen molar-refractivity contribution in [2.45, 2.75) is 57.2 Å². The van der Waals surface area contributed by atoms with Crippen molar-refractivity contribution in [1.82, 2.24) is 5.32 Å². The molecule has 1 heterocycles. The van der Waals surface area contributed by atoms with Gasteiger partial charge in [0.25, 0.3) is 0 Å². The second kappa shape index (κ2) is 7.12. The highest BCUT2D eigenvalue weighted by atomic mass is 79.9. The molecular formula is C17H25BrN2O. The molecule has 1 saturated heterocycles. The third kappa shape index (κ3) is 3.99. The molecule has 4 heteroatoms. The van der Waals surface area contributed by atoms with Gasteiger partial charge in [-0.3, -0.25) is 0 Å². The smallest absolute Gasteiger partial charge is 0.0635 e. The van der Waals surface area contributed by atoms with Gasteiger partial charge in [0.05, 0.1) is 12.6 Å². The van der Waals surface area contributed by atoms with E-state index in [4.69, 9.17) is 0 Å². The third-order valence-electron chi connectivity index (χ3n) is 4.61. The molecule has 1 aliphatic carbocycles. The molecule has 0 radical (unpaired) electrons. The van der Waals surface area contributed by atoms with Crippen LogP contribution in [0.25, 0.3) is 0 Å². The van der Waals surface area contributed by atoms with Crippen LogP contribution in [0.1, 0.15) is 44.1 Å². The van der Waals surface area contributed by atoms with Crippen LogP contribution in [-0.4, -0.2) is 30.3 Å². The van der Waals surface area contributed by atoms with Crippen LogP contribution < -0.4 is 10.2 Å². The molecule has 0 spiro atoms. The van der Waals surface area contributed by atoms with Gasteiger partial charge in [0.1, 0.15) is 0 Å². The molecule has 2 fully saturated rings. The van der Waals surface area contributed by atoms with Gasteiger partial charge in [0, 0.05) is 29.3 Å². The highest BCUT2D eigenvalue weighted by molar-refractivity contribution is 9.10. The van der Waals surface area contributed by atoms with Gasteiger partial charge in [-0.25, -0.2) is 0 Å². The molecule has 3 nitrogen and oxygen atoms in total. The van der Waals surface area contributed by atoms with Gasteiger partial charge < -0.3 is 15.3 Å². The number of nitrogens with zero attached hydrogens (tertiary/aromatic N) is 1. The summed E-state index contributed by atoms with van der Waals surface area (Å²) in [5.41, 5.74) is 2.55. The minimum Gasteiger partial charge on any atom is -0.394 e. The summed E-state index contributed by atoms with van der Waals surface area (Å²) in [7, 11) is 0. The van der Waals surface area contributed by atoms with E-state index >= 15 is 0 Å². The quantitative estimate of drug-likeness (QED) is 0.851. The van der Waals surface area contributed by atoms with E-state index in [1.807, 2.05) is 0 Å². The Balaban J connectivity index is 1.72. The van der Waals surface area contributed by atoms with E-state index in [2.05, 4.69) is 44.3 Å². The van der Waals surface area contributed by atoms with E-state index < -0.39 is 0 Å².